The topological polar surface area (TPSA) is 41.6 Å². The molecule has 130 valence electrons. The fraction of sp³-hybridized carbons (Fsp3) is 0.611. The number of benzene rings is 1. The molecule has 0 aromatic heterocycles. The molecule has 1 aliphatic heterocycles. The maximum absolute atomic E-state index is 12.4. The van der Waals surface area contributed by atoms with Gasteiger partial charge in [0.1, 0.15) is 5.75 Å². The van der Waals surface area contributed by atoms with Gasteiger partial charge in [0.05, 0.1) is 13.0 Å². The lowest BCUT2D eigenvalue weighted by molar-refractivity contribution is -0.131. The molecule has 5 heteroatoms. The summed E-state index contributed by atoms with van der Waals surface area (Å²) < 4.78 is 5.67. The summed E-state index contributed by atoms with van der Waals surface area (Å²) in [5.74, 6) is 1.61. The Kier molecular flexibility index (Phi) is 8.42. The number of ether oxygens (including phenoxy) is 1. The first kappa shape index (κ1) is 19.8. The third kappa shape index (κ3) is 6.40. The minimum atomic E-state index is 0. The number of carbonyl (C=O) groups excluding carboxylic acids is 1. The summed E-state index contributed by atoms with van der Waals surface area (Å²) in [5.41, 5.74) is 1.05. The highest BCUT2D eigenvalue weighted by Crippen LogP contribution is 2.16. The van der Waals surface area contributed by atoms with Crippen LogP contribution < -0.4 is 10.1 Å². The smallest absolute Gasteiger partial charge is 0.227 e. The lowest BCUT2D eigenvalue weighted by atomic mass is 10.0. The Hall–Kier alpha value is -1.26. The number of carbonyl (C=O) groups is 1. The van der Waals surface area contributed by atoms with Crippen molar-refractivity contribution >= 4 is 18.3 Å². The van der Waals surface area contributed by atoms with Crippen LogP contribution >= 0.6 is 12.4 Å². The highest BCUT2D eigenvalue weighted by atomic mass is 35.5. The predicted octanol–water partition coefficient (Wildman–Crippen LogP) is 2.90. The Morgan fingerprint density at radius 1 is 1.35 bits per heavy atom. The SMILES string of the molecule is CNC1CCCN(C(=O)Cc2ccc(OCC(C)C)cc2)C1.Cl. The minimum absolute atomic E-state index is 0. The van der Waals surface area contributed by atoms with Crippen LogP contribution in [0.1, 0.15) is 32.3 Å². The van der Waals surface area contributed by atoms with E-state index in [0.717, 1.165) is 43.9 Å². The van der Waals surface area contributed by atoms with Gasteiger partial charge in [-0.25, -0.2) is 0 Å². The second-order valence-electron chi connectivity index (χ2n) is 6.49. The Labute approximate surface area is 146 Å². The van der Waals surface area contributed by atoms with E-state index in [1.807, 2.05) is 36.2 Å². The van der Waals surface area contributed by atoms with Gasteiger partial charge >= 0.3 is 0 Å². The van der Waals surface area contributed by atoms with Crippen LogP contribution in [0.5, 0.6) is 5.75 Å². The van der Waals surface area contributed by atoms with E-state index in [4.69, 9.17) is 4.74 Å². The van der Waals surface area contributed by atoms with Crippen LogP contribution in [-0.2, 0) is 11.2 Å². The van der Waals surface area contributed by atoms with E-state index < -0.39 is 0 Å². The van der Waals surface area contributed by atoms with Crippen molar-refractivity contribution in [1.29, 1.82) is 0 Å². The van der Waals surface area contributed by atoms with E-state index in [1.165, 1.54) is 0 Å². The monoisotopic (exact) mass is 340 g/mol. The molecule has 0 saturated carbocycles. The number of amides is 1. The first-order valence-electron chi connectivity index (χ1n) is 8.25. The zero-order valence-corrected chi connectivity index (χ0v) is 15.2. The number of likely N-dealkylation sites (tertiary alicyclic amines) is 1. The summed E-state index contributed by atoms with van der Waals surface area (Å²) in [6.07, 6.45) is 2.71. The van der Waals surface area contributed by atoms with Crippen molar-refractivity contribution in [1.82, 2.24) is 10.2 Å². The number of rotatable bonds is 6. The van der Waals surface area contributed by atoms with Crippen molar-refractivity contribution < 1.29 is 9.53 Å². The van der Waals surface area contributed by atoms with Crippen LogP contribution in [0.2, 0.25) is 0 Å². The molecule has 1 unspecified atom stereocenters. The van der Waals surface area contributed by atoms with Crippen molar-refractivity contribution in [2.24, 2.45) is 5.92 Å². The zero-order valence-electron chi connectivity index (χ0n) is 14.4. The van der Waals surface area contributed by atoms with Gasteiger partial charge in [-0.15, -0.1) is 12.4 Å². The highest BCUT2D eigenvalue weighted by molar-refractivity contribution is 5.85. The molecule has 1 amide bonds. The molecule has 4 nitrogen and oxygen atoms in total. The number of nitrogens with zero attached hydrogens (tertiary/aromatic N) is 1. The second-order valence-corrected chi connectivity index (χ2v) is 6.49. The Balaban J connectivity index is 0.00000264. The van der Waals surface area contributed by atoms with E-state index in [1.54, 1.807) is 0 Å². The second kappa shape index (κ2) is 9.78. The van der Waals surface area contributed by atoms with Gasteiger partial charge in [0.15, 0.2) is 0 Å². The molecule has 1 aromatic rings. The fourth-order valence-electron chi connectivity index (χ4n) is 2.69. The van der Waals surface area contributed by atoms with E-state index in [-0.39, 0.29) is 18.3 Å². The van der Waals surface area contributed by atoms with Gasteiger partial charge < -0.3 is 15.0 Å². The van der Waals surface area contributed by atoms with Gasteiger partial charge in [0, 0.05) is 19.1 Å². The molecule has 1 aromatic carbocycles. The molecule has 2 rings (SSSR count). The van der Waals surface area contributed by atoms with Crippen LogP contribution in [0.4, 0.5) is 0 Å². The van der Waals surface area contributed by atoms with Crippen LogP contribution in [0, 0.1) is 5.92 Å². The van der Waals surface area contributed by atoms with Gasteiger partial charge in [0.2, 0.25) is 5.91 Å². The normalized spacial score (nSPS) is 17.7. The van der Waals surface area contributed by atoms with Gasteiger partial charge in [-0.3, -0.25) is 4.79 Å². The van der Waals surface area contributed by atoms with E-state index in [9.17, 15) is 4.79 Å². The van der Waals surface area contributed by atoms with Gasteiger partial charge in [-0.05, 0) is 43.5 Å². The van der Waals surface area contributed by atoms with Crippen molar-refractivity contribution in [3.8, 4) is 5.75 Å². The van der Waals surface area contributed by atoms with Gasteiger partial charge in [0.25, 0.3) is 0 Å². The molecule has 0 aliphatic carbocycles. The highest BCUT2D eigenvalue weighted by Gasteiger charge is 2.22. The maximum atomic E-state index is 12.4. The summed E-state index contributed by atoms with van der Waals surface area (Å²) in [4.78, 5) is 14.4. The Morgan fingerprint density at radius 3 is 2.65 bits per heavy atom. The number of hydrogen-bond donors (Lipinski definition) is 1. The third-order valence-electron chi connectivity index (χ3n) is 4.04. The summed E-state index contributed by atoms with van der Waals surface area (Å²) in [6.45, 7) is 6.68. The Bertz CT molecular complexity index is 476. The molecular formula is C18H29ClN2O2. The number of likely N-dealkylation sites (N-methyl/N-ethyl adjacent to an activating group) is 1. The van der Waals surface area contributed by atoms with Gasteiger partial charge in [-0.1, -0.05) is 26.0 Å². The van der Waals surface area contributed by atoms with Crippen molar-refractivity contribution in [2.45, 2.75) is 39.2 Å². The minimum Gasteiger partial charge on any atom is -0.493 e. The molecule has 23 heavy (non-hydrogen) atoms. The number of nitrogens with one attached hydrogen (secondary N) is 1. The van der Waals surface area contributed by atoms with E-state index in [0.29, 0.717) is 18.4 Å². The van der Waals surface area contributed by atoms with Crippen LogP contribution in [0.15, 0.2) is 24.3 Å². The van der Waals surface area contributed by atoms with Crippen molar-refractivity contribution in [3.05, 3.63) is 29.8 Å². The average molecular weight is 341 g/mol. The van der Waals surface area contributed by atoms with Crippen LogP contribution in [0.3, 0.4) is 0 Å². The summed E-state index contributed by atoms with van der Waals surface area (Å²) in [5, 5.41) is 3.27. The molecule has 1 aliphatic rings. The molecule has 0 radical (unpaired) electrons. The van der Waals surface area contributed by atoms with E-state index in [2.05, 4.69) is 19.2 Å². The Morgan fingerprint density at radius 2 is 2.04 bits per heavy atom. The maximum Gasteiger partial charge on any atom is 0.227 e. The molecule has 1 saturated heterocycles. The average Bonchev–Trinajstić information content (AvgIpc) is 2.54. The fourth-order valence-corrected chi connectivity index (χ4v) is 2.69. The molecule has 1 fully saturated rings. The number of halogens is 1. The lowest BCUT2D eigenvalue weighted by Crippen LogP contribution is -2.47. The van der Waals surface area contributed by atoms with Crippen LogP contribution in [-0.4, -0.2) is 43.6 Å². The molecule has 0 spiro atoms. The first-order valence-corrected chi connectivity index (χ1v) is 8.25. The molecule has 1 atom stereocenters. The number of hydrogen-bond acceptors (Lipinski definition) is 3. The molecule has 1 heterocycles. The molecule has 0 bridgehead atoms. The van der Waals surface area contributed by atoms with Crippen molar-refractivity contribution in [2.75, 3.05) is 26.7 Å². The zero-order chi connectivity index (χ0) is 15.9. The van der Waals surface area contributed by atoms with E-state index >= 15 is 0 Å². The molecular weight excluding hydrogens is 312 g/mol. The summed E-state index contributed by atoms with van der Waals surface area (Å²) in [7, 11) is 1.97. The summed E-state index contributed by atoms with van der Waals surface area (Å²) in [6, 6.07) is 8.33. The quantitative estimate of drug-likeness (QED) is 0.865. The third-order valence-corrected chi connectivity index (χ3v) is 4.04. The predicted molar refractivity (Wildman–Crippen MR) is 96.4 cm³/mol. The first-order chi connectivity index (χ1) is 10.6. The van der Waals surface area contributed by atoms with Crippen molar-refractivity contribution in [3.63, 3.8) is 0 Å². The van der Waals surface area contributed by atoms with Crippen LogP contribution in [0.25, 0.3) is 0 Å². The lowest BCUT2D eigenvalue weighted by Gasteiger charge is -2.32. The standard InChI is InChI=1S/C18H28N2O2.ClH/c1-14(2)13-22-17-8-6-15(7-9-17)11-18(21)20-10-4-5-16(12-20)19-3;/h6-9,14,16,19H,4-5,10-13H2,1-3H3;1H. The summed E-state index contributed by atoms with van der Waals surface area (Å²) >= 11 is 0. The largest absolute Gasteiger partial charge is 0.493 e. The van der Waals surface area contributed by atoms with Gasteiger partial charge in [-0.2, -0.15) is 0 Å². The molecule has 1 N–H and O–H groups in total. The number of piperidine rings is 1.